The third kappa shape index (κ3) is 7.02. The summed E-state index contributed by atoms with van der Waals surface area (Å²) in [4.78, 5) is 21.8. The van der Waals surface area contributed by atoms with E-state index in [9.17, 15) is 4.79 Å². The van der Waals surface area contributed by atoms with Gasteiger partial charge < -0.3 is 19.4 Å². The lowest BCUT2D eigenvalue weighted by Gasteiger charge is -2.26. The van der Waals surface area contributed by atoms with Gasteiger partial charge in [0.2, 0.25) is 0 Å². The maximum Gasteiger partial charge on any atom is 0.260 e. The van der Waals surface area contributed by atoms with E-state index in [1.807, 2.05) is 54.4 Å². The Labute approximate surface area is 185 Å². The van der Waals surface area contributed by atoms with Crippen LogP contribution in [0.1, 0.15) is 38.2 Å². The molecule has 0 spiro atoms. The number of nitrogens with zero attached hydrogens (tertiary/aromatic N) is 3. The number of carbonyl (C=O) groups is 1. The number of anilines is 1. The topological polar surface area (TPSA) is 54.4 Å². The molecule has 0 N–H and O–H groups in total. The summed E-state index contributed by atoms with van der Waals surface area (Å²) in [6.07, 6.45) is 4.15. The third-order valence-corrected chi connectivity index (χ3v) is 5.48. The van der Waals surface area contributed by atoms with E-state index >= 15 is 0 Å². The molecule has 6 nitrogen and oxygen atoms in total. The second-order valence-electron chi connectivity index (χ2n) is 7.74. The highest BCUT2D eigenvalue weighted by atomic mass is 16.6. The fourth-order valence-electron chi connectivity index (χ4n) is 3.56. The molecule has 1 amide bonds. The maximum atomic E-state index is 12.2. The SMILES string of the molecule is CC/C(=N/OCCN(C)c1ccccc1)c1ccc(OCC(=O)N2CCCCC2)cc1. The predicted octanol–water partition coefficient (Wildman–Crippen LogP) is 4.35. The quantitative estimate of drug-likeness (QED) is 0.324. The molecule has 0 unspecified atom stereocenters. The number of benzene rings is 2. The molecular formula is C25H33N3O3. The van der Waals surface area contributed by atoms with Gasteiger partial charge in [-0.15, -0.1) is 0 Å². The minimum atomic E-state index is 0.0634. The summed E-state index contributed by atoms with van der Waals surface area (Å²) in [5.74, 6) is 0.753. The zero-order valence-electron chi connectivity index (χ0n) is 18.6. The van der Waals surface area contributed by atoms with Gasteiger partial charge in [0.15, 0.2) is 6.61 Å². The third-order valence-electron chi connectivity index (χ3n) is 5.48. The van der Waals surface area contributed by atoms with E-state index in [1.165, 1.54) is 6.42 Å². The van der Waals surface area contributed by atoms with E-state index in [0.29, 0.717) is 12.4 Å². The van der Waals surface area contributed by atoms with Crippen LogP contribution in [0, 0.1) is 0 Å². The molecule has 2 aromatic carbocycles. The van der Waals surface area contributed by atoms with Crippen LogP contribution in [0.2, 0.25) is 0 Å². The van der Waals surface area contributed by atoms with Gasteiger partial charge >= 0.3 is 0 Å². The highest BCUT2D eigenvalue weighted by Gasteiger charge is 2.16. The molecule has 31 heavy (non-hydrogen) atoms. The number of likely N-dealkylation sites (N-methyl/N-ethyl adjacent to an activating group) is 1. The molecule has 6 heteroatoms. The summed E-state index contributed by atoms with van der Waals surface area (Å²) in [5, 5.41) is 4.33. The van der Waals surface area contributed by atoms with E-state index in [4.69, 9.17) is 9.57 Å². The van der Waals surface area contributed by atoms with Gasteiger partial charge in [0, 0.05) is 25.8 Å². The van der Waals surface area contributed by atoms with Crippen molar-refractivity contribution in [1.29, 1.82) is 0 Å². The van der Waals surface area contributed by atoms with Gasteiger partial charge in [-0.3, -0.25) is 4.79 Å². The number of piperidine rings is 1. The van der Waals surface area contributed by atoms with Crippen molar-refractivity contribution in [2.24, 2.45) is 5.16 Å². The largest absolute Gasteiger partial charge is 0.484 e. The number of carbonyl (C=O) groups excluding carboxylic acids is 1. The highest BCUT2D eigenvalue weighted by molar-refractivity contribution is 6.00. The lowest BCUT2D eigenvalue weighted by atomic mass is 10.1. The van der Waals surface area contributed by atoms with Gasteiger partial charge in [0.25, 0.3) is 5.91 Å². The monoisotopic (exact) mass is 423 g/mol. The number of amides is 1. The molecule has 1 aliphatic heterocycles. The van der Waals surface area contributed by atoms with Crippen LogP contribution in [0.5, 0.6) is 5.75 Å². The average molecular weight is 424 g/mol. The molecule has 166 valence electrons. The molecule has 2 aromatic rings. The Hall–Kier alpha value is -3.02. The molecule has 1 heterocycles. The van der Waals surface area contributed by atoms with Gasteiger partial charge in [-0.2, -0.15) is 0 Å². The summed E-state index contributed by atoms with van der Waals surface area (Å²) in [5.41, 5.74) is 3.03. The van der Waals surface area contributed by atoms with Gasteiger partial charge in [-0.25, -0.2) is 0 Å². The molecule has 0 radical (unpaired) electrons. The summed E-state index contributed by atoms with van der Waals surface area (Å²) in [6, 6.07) is 17.9. The molecule has 1 aliphatic rings. The van der Waals surface area contributed by atoms with Gasteiger partial charge in [0.1, 0.15) is 12.4 Å². The number of ether oxygens (including phenoxy) is 1. The van der Waals surface area contributed by atoms with Crippen molar-refractivity contribution in [3.8, 4) is 5.75 Å². The Morgan fingerprint density at radius 1 is 1.03 bits per heavy atom. The second kappa shape index (κ2) is 12.0. The summed E-state index contributed by atoms with van der Waals surface area (Å²) >= 11 is 0. The van der Waals surface area contributed by atoms with Gasteiger partial charge in [-0.05, 0) is 67.6 Å². The van der Waals surface area contributed by atoms with E-state index in [-0.39, 0.29) is 12.5 Å². The first-order valence-electron chi connectivity index (χ1n) is 11.1. The van der Waals surface area contributed by atoms with Crippen LogP contribution in [0.15, 0.2) is 59.8 Å². The van der Waals surface area contributed by atoms with Crippen LogP contribution in [0.4, 0.5) is 5.69 Å². The molecule has 1 fully saturated rings. The normalized spacial score (nSPS) is 14.3. The summed E-state index contributed by atoms with van der Waals surface area (Å²) < 4.78 is 5.69. The maximum absolute atomic E-state index is 12.2. The fourth-order valence-corrected chi connectivity index (χ4v) is 3.56. The zero-order chi connectivity index (χ0) is 21.9. The van der Waals surface area contributed by atoms with E-state index < -0.39 is 0 Å². The molecule has 3 rings (SSSR count). The first-order chi connectivity index (χ1) is 15.2. The van der Waals surface area contributed by atoms with E-state index in [2.05, 4.69) is 29.1 Å². The summed E-state index contributed by atoms with van der Waals surface area (Å²) in [7, 11) is 2.04. The van der Waals surface area contributed by atoms with Gasteiger partial charge in [-0.1, -0.05) is 30.3 Å². The van der Waals surface area contributed by atoms with Crippen molar-refractivity contribution >= 4 is 17.3 Å². The van der Waals surface area contributed by atoms with Crippen LogP contribution in [0.25, 0.3) is 0 Å². The van der Waals surface area contributed by atoms with Gasteiger partial charge in [0.05, 0.1) is 12.3 Å². The van der Waals surface area contributed by atoms with Crippen molar-refractivity contribution in [1.82, 2.24) is 4.90 Å². The van der Waals surface area contributed by atoms with E-state index in [0.717, 1.165) is 55.9 Å². The molecule has 0 aromatic heterocycles. The van der Waals surface area contributed by atoms with E-state index in [1.54, 1.807) is 0 Å². The molecule has 0 saturated carbocycles. The molecule has 0 atom stereocenters. The Kier molecular flexibility index (Phi) is 8.76. The van der Waals surface area contributed by atoms with Crippen LogP contribution in [0.3, 0.4) is 0 Å². The Morgan fingerprint density at radius 3 is 2.42 bits per heavy atom. The Balaban J connectivity index is 1.45. The smallest absolute Gasteiger partial charge is 0.260 e. The molecule has 0 aliphatic carbocycles. The predicted molar refractivity (Wildman–Crippen MR) is 125 cm³/mol. The molecule has 0 bridgehead atoms. The molecular weight excluding hydrogens is 390 g/mol. The Morgan fingerprint density at radius 2 is 1.74 bits per heavy atom. The van der Waals surface area contributed by atoms with Crippen molar-refractivity contribution in [3.63, 3.8) is 0 Å². The standard InChI is InChI=1S/C25H33N3O3/c1-3-24(26-31-19-18-27(2)22-10-6-4-7-11-22)21-12-14-23(15-13-21)30-20-25(29)28-16-8-5-9-17-28/h4,6-7,10-15H,3,5,8-9,16-20H2,1-2H3/b26-24-. The van der Waals surface area contributed by atoms with Crippen LogP contribution in [-0.4, -0.2) is 56.4 Å². The lowest BCUT2D eigenvalue weighted by Crippen LogP contribution is -2.38. The average Bonchev–Trinajstić information content (AvgIpc) is 2.84. The number of rotatable bonds is 10. The number of oxime groups is 1. The first-order valence-corrected chi connectivity index (χ1v) is 11.1. The number of para-hydroxylation sites is 1. The first kappa shape index (κ1) is 22.7. The minimum absolute atomic E-state index is 0.0634. The highest BCUT2D eigenvalue weighted by Crippen LogP contribution is 2.16. The van der Waals surface area contributed by atoms with Crippen molar-refractivity contribution in [3.05, 3.63) is 60.2 Å². The Bertz CT molecular complexity index is 831. The summed E-state index contributed by atoms with van der Waals surface area (Å²) in [6.45, 7) is 5.10. The van der Waals surface area contributed by atoms with Crippen LogP contribution < -0.4 is 9.64 Å². The van der Waals surface area contributed by atoms with Crippen LogP contribution in [-0.2, 0) is 9.63 Å². The minimum Gasteiger partial charge on any atom is -0.484 e. The second-order valence-corrected chi connectivity index (χ2v) is 7.74. The molecule has 1 saturated heterocycles. The van der Waals surface area contributed by atoms with Crippen molar-refractivity contribution in [2.75, 3.05) is 44.8 Å². The van der Waals surface area contributed by atoms with Crippen LogP contribution >= 0.6 is 0 Å². The number of hydrogen-bond acceptors (Lipinski definition) is 5. The number of hydrogen-bond donors (Lipinski definition) is 0. The van der Waals surface area contributed by atoms with Crippen molar-refractivity contribution < 1.29 is 14.4 Å². The lowest BCUT2D eigenvalue weighted by molar-refractivity contribution is -0.134. The fraction of sp³-hybridized carbons (Fsp3) is 0.440. The zero-order valence-corrected chi connectivity index (χ0v) is 18.6. The van der Waals surface area contributed by atoms with Crippen molar-refractivity contribution in [2.45, 2.75) is 32.6 Å². The number of likely N-dealkylation sites (tertiary alicyclic amines) is 1.